The fourth-order valence-corrected chi connectivity index (χ4v) is 3.48. The van der Waals surface area contributed by atoms with E-state index in [1.807, 2.05) is 13.8 Å². The van der Waals surface area contributed by atoms with Gasteiger partial charge in [-0.25, -0.2) is 0 Å². The highest BCUT2D eigenvalue weighted by atomic mass is 16.3. The third-order valence-corrected chi connectivity index (χ3v) is 4.89. The van der Waals surface area contributed by atoms with Crippen molar-refractivity contribution in [2.45, 2.75) is 38.7 Å². The fourth-order valence-electron chi connectivity index (χ4n) is 3.48. The number of aryl methyl sites for hydroxylation is 1. The van der Waals surface area contributed by atoms with Gasteiger partial charge in [-0.05, 0) is 41.7 Å². The van der Waals surface area contributed by atoms with Crippen LogP contribution in [-0.2, 0) is 11.2 Å². The second-order valence-electron chi connectivity index (χ2n) is 6.51. The topological polar surface area (TPSA) is 49.3 Å². The molecule has 3 rings (SSSR count). The van der Waals surface area contributed by atoms with Gasteiger partial charge in [-0.1, -0.05) is 38.1 Å². The molecule has 0 aliphatic heterocycles. The first-order chi connectivity index (χ1) is 9.59. The quantitative estimate of drug-likeness (QED) is 0.882. The Morgan fingerprint density at radius 1 is 1.40 bits per heavy atom. The van der Waals surface area contributed by atoms with Gasteiger partial charge in [-0.15, -0.1) is 0 Å². The molecule has 1 aromatic rings. The van der Waals surface area contributed by atoms with Crippen molar-refractivity contribution < 1.29 is 9.90 Å². The van der Waals surface area contributed by atoms with Crippen LogP contribution in [0.4, 0.5) is 0 Å². The van der Waals surface area contributed by atoms with Gasteiger partial charge in [0.25, 0.3) is 0 Å². The lowest BCUT2D eigenvalue weighted by Crippen LogP contribution is -2.36. The highest BCUT2D eigenvalue weighted by Gasteiger charge is 2.56. The van der Waals surface area contributed by atoms with Crippen molar-refractivity contribution in [3.8, 4) is 0 Å². The second-order valence-corrected chi connectivity index (χ2v) is 6.51. The van der Waals surface area contributed by atoms with Crippen molar-refractivity contribution in [1.82, 2.24) is 5.32 Å². The number of benzene rings is 1. The van der Waals surface area contributed by atoms with Crippen LogP contribution in [-0.4, -0.2) is 23.7 Å². The number of hydrogen-bond donors (Lipinski definition) is 2. The molecule has 108 valence electrons. The van der Waals surface area contributed by atoms with E-state index < -0.39 is 6.10 Å². The van der Waals surface area contributed by atoms with Crippen molar-refractivity contribution in [3.63, 3.8) is 0 Å². The molecule has 1 aromatic carbocycles. The Kier molecular flexibility index (Phi) is 3.55. The molecule has 4 unspecified atom stereocenters. The zero-order chi connectivity index (χ0) is 14.3. The summed E-state index contributed by atoms with van der Waals surface area (Å²) < 4.78 is 0. The molecule has 0 spiro atoms. The standard InChI is InChI=1S/C17H23NO2/c1-10(2)14(19)9-18-17(20)16-13-8-7-11-5-3-4-6-12(11)15(13)16/h3-6,10,13-16,19H,7-9H2,1-2H3,(H,18,20). The number of aliphatic hydroxyl groups is 1. The van der Waals surface area contributed by atoms with Crippen molar-refractivity contribution in [2.75, 3.05) is 6.54 Å². The molecule has 2 aliphatic rings. The van der Waals surface area contributed by atoms with Crippen molar-refractivity contribution in [1.29, 1.82) is 0 Å². The van der Waals surface area contributed by atoms with Gasteiger partial charge in [0, 0.05) is 12.5 Å². The molecule has 1 saturated carbocycles. The van der Waals surface area contributed by atoms with Gasteiger partial charge in [-0.3, -0.25) is 4.79 Å². The van der Waals surface area contributed by atoms with Gasteiger partial charge in [0.05, 0.1) is 6.10 Å². The maximum atomic E-state index is 12.3. The molecular weight excluding hydrogens is 250 g/mol. The van der Waals surface area contributed by atoms with E-state index in [4.69, 9.17) is 0 Å². The Morgan fingerprint density at radius 2 is 2.15 bits per heavy atom. The van der Waals surface area contributed by atoms with Crippen LogP contribution in [0.2, 0.25) is 0 Å². The summed E-state index contributed by atoms with van der Waals surface area (Å²) >= 11 is 0. The van der Waals surface area contributed by atoms with E-state index in [1.54, 1.807) is 0 Å². The van der Waals surface area contributed by atoms with Gasteiger partial charge in [-0.2, -0.15) is 0 Å². The predicted octanol–water partition coefficient (Wildman–Crippen LogP) is 2.10. The van der Waals surface area contributed by atoms with E-state index in [0.29, 0.717) is 18.4 Å². The van der Waals surface area contributed by atoms with Crippen LogP contribution in [0, 0.1) is 17.8 Å². The second kappa shape index (κ2) is 5.21. The summed E-state index contributed by atoms with van der Waals surface area (Å²) in [5, 5.41) is 12.7. The summed E-state index contributed by atoms with van der Waals surface area (Å²) in [6.45, 7) is 4.29. The van der Waals surface area contributed by atoms with E-state index in [2.05, 4.69) is 29.6 Å². The number of carbonyl (C=O) groups excluding carboxylic acids is 1. The van der Waals surface area contributed by atoms with Crippen molar-refractivity contribution >= 4 is 5.91 Å². The number of nitrogens with one attached hydrogen (secondary N) is 1. The van der Waals surface area contributed by atoms with E-state index >= 15 is 0 Å². The van der Waals surface area contributed by atoms with Crippen LogP contribution >= 0.6 is 0 Å². The average molecular weight is 273 g/mol. The Balaban J connectivity index is 1.63. The Labute approximate surface area is 120 Å². The van der Waals surface area contributed by atoms with Gasteiger partial charge >= 0.3 is 0 Å². The molecule has 1 fully saturated rings. The molecule has 4 atom stereocenters. The summed E-state index contributed by atoms with van der Waals surface area (Å²) in [6.07, 6.45) is 1.76. The molecule has 3 heteroatoms. The minimum absolute atomic E-state index is 0.122. The maximum absolute atomic E-state index is 12.3. The first kappa shape index (κ1) is 13.6. The molecule has 3 nitrogen and oxygen atoms in total. The van der Waals surface area contributed by atoms with Crippen molar-refractivity contribution in [3.05, 3.63) is 35.4 Å². The Morgan fingerprint density at radius 3 is 2.90 bits per heavy atom. The predicted molar refractivity (Wildman–Crippen MR) is 78.3 cm³/mol. The summed E-state index contributed by atoms with van der Waals surface area (Å²) in [5.74, 6) is 1.35. The first-order valence-corrected chi connectivity index (χ1v) is 7.63. The number of rotatable bonds is 4. The first-order valence-electron chi connectivity index (χ1n) is 7.63. The highest BCUT2D eigenvalue weighted by Crippen LogP contribution is 2.59. The third kappa shape index (κ3) is 2.35. The number of amides is 1. The average Bonchev–Trinajstić information content (AvgIpc) is 3.19. The zero-order valence-electron chi connectivity index (χ0n) is 12.2. The lowest BCUT2D eigenvalue weighted by Gasteiger charge is -2.15. The van der Waals surface area contributed by atoms with Gasteiger partial charge < -0.3 is 10.4 Å². The summed E-state index contributed by atoms with van der Waals surface area (Å²) in [6, 6.07) is 8.50. The molecule has 0 bridgehead atoms. The molecule has 1 amide bonds. The number of hydrogen-bond acceptors (Lipinski definition) is 2. The maximum Gasteiger partial charge on any atom is 0.224 e. The largest absolute Gasteiger partial charge is 0.391 e. The van der Waals surface area contributed by atoms with Gasteiger partial charge in [0.1, 0.15) is 0 Å². The molecule has 0 radical (unpaired) electrons. The Hall–Kier alpha value is -1.35. The number of aliphatic hydroxyl groups excluding tert-OH is 1. The fraction of sp³-hybridized carbons (Fsp3) is 0.588. The molecular formula is C17H23NO2. The monoisotopic (exact) mass is 273 g/mol. The smallest absolute Gasteiger partial charge is 0.224 e. The molecule has 20 heavy (non-hydrogen) atoms. The molecule has 2 aliphatic carbocycles. The molecule has 2 N–H and O–H groups in total. The van der Waals surface area contributed by atoms with Crippen molar-refractivity contribution in [2.24, 2.45) is 17.8 Å². The highest BCUT2D eigenvalue weighted by molar-refractivity contribution is 5.84. The third-order valence-electron chi connectivity index (χ3n) is 4.89. The van der Waals surface area contributed by atoms with Gasteiger partial charge in [0.15, 0.2) is 0 Å². The molecule has 0 heterocycles. The van der Waals surface area contributed by atoms with Crippen LogP contribution in [0.25, 0.3) is 0 Å². The number of carbonyl (C=O) groups is 1. The minimum Gasteiger partial charge on any atom is -0.391 e. The number of fused-ring (bicyclic) bond motifs is 3. The molecule has 0 saturated heterocycles. The minimum atomic E-state index is -0.452. The summed E-state index contributed by atoms with van der Waals surface area (Å²) in [4.78, 5) is 12.3. The lowest BCUT2D eigenvalue weighted by atomic mass is 9.92. The van der Waals surface area contributed by atoms with Crippen LogP contribution in [0.1, 0.15) is 37.3 Å². The normalized spacial score (nSPS) is 28.5. The van der Waals surface area contributed by atoms with Crippen LogP contribution in [0.3, 0.4) is 0 Å². The van der Waals surface area contributed by atoms with E-state index in [0.717, 1.165) is 12.8 Å². The van der Waals surface area contributed by atoms with E-state index in [1.165, 1.54) is 11.1 Å². The summed E-state index contributed by atoms with van der Waals surface area (Å²) in [5.41, 5.74) is 2.78. The summed E-state index contributed by atoms with van der Waals surface area (Å²) in [7, 11) is 0. The lowest BCUT2D eigenvalue weighted by molar-refractivity contribution is -0.123. The van der Waals surface area contributed by atoms with Gasteiger partial charge in [0.2, 0.25) is 5.91 Å². The molecule has 0 aromatic heterocycles. The zero-order valence-corrected chi connectivity index (χ0v) is 12.2. The SMILES string of the molecule is CC(C)C(O)CNC(=O)C1C2CCc3ccccc3C21. The Bertz CT molecular complexity index is 511. The van der Waals surface area contributed by atoms with Crippen LogP contribution in [0.15, 0.2) is 24.3 Å². The van der Waals surface area contributed by atoms with Crippen LogP contribution in [0.5, 0.6) is 0 Å². The van der Waals surface area contributed by atoms with E-state index in [-0.39, 0.29) is 17.7 Å². The van der Waals surface area contributed by atoms with Crippen LogP contribution < -0.4 is 5.32 Å². The van der Waals surface area contributed by atoms with E-state index in [9.17, 15) is 9.90 Å².